The lowest BCUT2D eigenvalue weighted by Gasteiger charge is -2.04. The van der Waals surface area contributed by atoms with E-state index in [9.17, 15) is 4.79 Å². The van der Waals surface area contributed by atoms with Crippen LogP contribution >= 0.6 is 0 Å². The second-order valence-electron chi connectivity index (χ2n) is 4.80. The first-order valence-electron chi connectivity index (χ1n) is 6.36. The quantitative estimate of drug-likeness (QED) is 0.638. The predicted octanol–water partition coefficient (Wildman–Crippen LogP) is 2.84. The van der Waals surface area contributed by atoms with Gasteiger partial charge in [-0.3, -0.25) is 10.2 Å². The number of carbonyl (C=O) groups excluding carboxylic acids is 1. The molecule has 96 valence electrons. The number of carbonyl (C=O) groups is 1. The average Bonchev–Trinajstić information content (AvgIpc) is 2.96. The largest absolute Gasteiger partial charge is 0.353 e. The molecule has 0 unspecified atom stereocenters. The molecule has 0 bridgehead atoms. The Morgan fingerprint density at radius 2 is 1.40 bits per heavy atom. The van der Waals surface area contributed by atoms with Crippen molar-refractivity contribution in [2.24, 2.45) is 0 Å². The fourth-order valence-electron chi connectivity index (χ4n) is 2.69. The summed E-state index contributed by atoms with van der Waals surface area (Å²) in [6.45, 7) is 0. The van der Waals surface area contributed by atoms with Gasteiger partial charge < -0.3 is 10.6 Å². The fourth-order valence-corrected chi connectivity index (χ4v) is 2.69. The monoisotopic (exact) mass is 261 g/mol. The maximum atomic E-state index is 12.2. The average molecular weight is 261 g/mol. The zero-order chi connectivity index (χ0) is 13.7. The highest BCUT2D eigenvalue weighted by Gasteiger charge is 2.32. The van der Waals surface area contributed by atoms with Crippen LogP contribution in [0.4, 0.5) is 11.4 Å². The van der Waals surface area contributed by atoms with Crippen molar-refractivity contribution >= 4 is 28.6 Å². The summed E-state index contributed by atoms with van der Waals surface area (Å²) in [7, 11) is 0. The lowest BCUT2D eigenvalue weighted by Crippen LogP contribution is -2.11. The minimum atomic E-state index is -0.161. The SMILES string of the molecule is N=C1/C(=C2/C(=O)Nc3ccccc32)Nc2ccccc21. The smallest absolute Gasteiger partial charge is 0.258 e. The predicted molar refractivity (Wildman–Crippen MR) is 78.9 cm³/mol. The minimum Gasteiger partial charge on any atom is -0.353 e. The van der Waals surface area contributed by atoms with E-state index in [1.54, 1.807) is 0 Å². The number of benzene rings is 2. The number of amides is 1. The van der Waals surface area contributed by atoms with Gasteiger partial charge in [0.2, 0.25) is 0 Å². The number of nitrogens with one attached hydrogen (secondary N) is 3. The van der Waals surface area contributed by atoms with Gasteiger partial charge in [-0.1, -0.05) is 36.4 Å². The lowest BCUT2D eigenvalue weighted by atomic mass is 10.0. The van der Waals surface area contributed by atoms with Crippen molar-refractivity contribution in [1.29, 1.82) is 5.41 Å². The molecule has 0 radical (unpaired) electrons. The zero-order valence-electron chi connectivity index (χ0n) is 10.5. The van der Waals surface area contributed by atoms with Gasteiger partial charge in [0.05, 0.1) is 17.0 Å². The number of hydrogen-bond donors (Lipinski definition) is 3. The molecule has 2 aromatic carbocycles. The number of para-hydroxylation sites is 2. The van der Waals surface area contributed by atoms with Crippen LogP contribution in [0.5, 0.6) is 0 Å². The van der Waals surface area contributed by atoms with E-state index in [1.807, 2.05) is 48.5 Å². The molecule has 0 aliphatic carbocycles. The van der Waals surface area contributed by atoms with Crippen LogP contribution in [0.15, 0.2) is 54.2 Å². The van der Waals surface area contributed by atoms with Crippen molar-refractivity contribution in [3.05, 3.63) is 65.4 Å². The Morgan fingerprint density at radius 3 is 2.10 bits per heavy atom. The number of fused-ring (bicyclic) bond motifs is 2. The molecule has 2 aliphatic heterocycles. The number of rotatable bonds is 0. The highest BCUT2D eigenvalue weighted by Crippen LogP contribution is 2.38. The van der Waals surface area contributed by atoms with Gasteiger partial charge in [0, 0.05) is 22.5 Å². The van der Waals surface area contributed by atoms with Crippen molar-refractivity contribution in [2.45, 2.75) is 0 Å². The highest BCUT2D eigenvalue weighted by molar-refractivity contribution is 6.39. The first kappa shape index (κ1) is 11.0. The van der Waals surface area contributed by atoms with Crippen molar-refractivity contribution in [2.75, 3.05) is 10.6 Å². The van der Waals surface area contributed by atoms with Gasteiger partial charge in [0.15, 0.2) is 0 Å². The molecule has 4 nitrogen and oxygen atoms in total. The van der Waals surface area contributed by atoms with E-state index >= 15 is 0 Å². The molecule has 4 rings (SSSR count). The fraction of sp³-hybridized carbons (Fsp3) is 0. The summed E-state index contributed by atoms with van der Waals surface area (Å²) in [6.07, 6.45) is 0. The van der Waals surface area contributed by atoms with Gasteiger partial charge in [-0.15, -0.1) is 0 Å². The summed E-state index contributed by atoms with van der Waals surface area (Å²) in [4.78, 5) is 12.2. The molecule has 0 fully saturated rings. The van der Waals surface area contributed by atoms with Crippen LogP contribution in [-0.4, -0.2) is 11.6 Å². The van der Waals surface area contributed by atoms with E-state index < -0.39 is 0 Å². The van der Waals surface area contributed by atoms with Crippen molar-refractivity contribution in [3.63, 3.8) is 0 Å². The normalized spacial score (nSPS) is 19.4. The topological polar surface area (TPSA) is 65.0 Å². The molecule has 0 spiro atoms. The molecule has 3 N–H and O–H groups in total. The van der Waals surface area contributed by atoms with Crippen molar-refractivity contribution in [3.8, 4) is 0 Å². The summed E-state index contributed by atoms with van der Waals surface area (Å²) in [5.41, 5.74) is 4.82. The Morgan fingerprint density at radius 1 is 0.800 bits per heavy atom. The minimum absolute atomic E-state index is 0.161. The standard InChI is InChI=1S/C16H11N3O/c17-14-10-6-2-4-8-12(10)18-15(14)13-9-5-1-3-7-11(9)19-16(13)20/h1-8,17-18H,(H,19,20)/b15-13-,17-14?. The Bertz CT molecular complexity index is 805. The molecule has 20 heavy (non-hydrogen) atoms. The van der Waals surface area contributed by atoms with Crippen LogP contribution in [0.25, 0.3) is 5.57 Å². The molecule has 0 atom stereocenters. The van der Waals surface area contributed by atoms with Crippen LogP contribution in [0, 0.1) is 5.41 Å². The maximum Gasteiger partial charge on any atom is 0.258 e. The van der Waals surface area contributed by atoms with E-state index in [0.29, 0.717) is 17.0 Å². The number of hydrogen-bond acceptors (Lipinski definition) is 3. The molecule has 4 heteroatoms. The molecule has 0 saturated carbocycles. The van der Waals surface area contributed by atoms with Crippen LogP contribution < -0.4 is 10.6 Å². The van der Waals surface area contributed by atoms with Gasteiger partial charge >= 0.3 is 0 Å². The zero-order valence-corrected chi connectivity index (χ0v) is 10.5. The van der Waals surface area contributed by atoms with E-state index in [2.05, 4.69) is 10.6 Å². The Hall–Kier alpha value is -2.88. The number of allylic oxidation sites excluding steroid dienone is 1. The highest BCUT2D eigenvalue weighted by atomic mass is 16.2. The second-order valence-corrected chi connectivity index (χ2v) is 4.80. The van der Waals surface area contributed by atoms with Crippen LogP contribution in [-0.2, 0) is 4.79 Å². The molecule has 0 aromatic heterocycles. The summed E-state index contributed by atoms with van der Waals surface area (Å²) in [5, 5.41) is 14.3. The summed E-state index contributed by atoms with van der Waals surface area (Å²) < 4.78 is 0. The third-order valence-electron chi connectivity index (χ3n) is 3.63. The molecule has 2 heterocycles. The second kappa shape index (κ2) is 3.81. The molecule has 1 amide bonds. The van der Waals surface area contributed by atoms with Gasteiger partial charge in [0.25, 0.3) is 5.91 Å². The van der Waals surface area contributed by atoms with Crippen LogP contribution in [0.1, 0.15) is 11.1 Å². The molecule has 0 saturated heterocycles. The van der Waals surface area contributed by atoms with E-state index in [-0.39, 0.29) is 5.91 Å². The summed E-state index contributed by atoms with van der Waals surface area (Å²) >= 11 is 0. The molecule has 2 aliphatic rings. The molecular weight excluding hydrogens is 250 g/mol. The van der Waals surface area contributed by atoms with Crippen LogP contribution in [0.3, 0.4) is 0 Å². The summed E-state index contributed by atoms with van der Waals surface area (Å²) in [5.74, 6) is -0.161. The molecule has 2 aromatic rings. The Kier molecular flexibility index (Phi) is 2.09. The van der Waals surface area contributed by atoms with E-state index in [0.717, 1.165) is 22.5 Å². The first-order valence-corrected chi connectivity index (χ1v) is 6.36. The Labute approximate surface area is 115 Å². The van der Waals surface area contributed by atoms with Gasteiger partial charge in [0.1, 0.15) is 0 Å². The third-order valence-corrected chi connectivity index (χ3v) is 3.63. The van der Waals surface area contributed by atoms with Gasteiger partial charge in [-0.2, -0.15) is 0 Å². The third kappa shape index (κ3) is 1.36. The Balaban J connectivity index is 1.94. The number of anilines is 2. The molecular formula is C16H11N3O. The lowest BCUT2D eigenvalue weighted by molar-refractivity contribution is -0.110. The van der Waals surface area contributed by atoms with Gasteiger partial charge in [-0.25, -0.2) is 0 Å². The van der Waals surface area contributed by atoms with Crippen molar-refractivity contribution < 1.29 is 4.79 Å². The van der Waals surface area contributed by atoms with E-state index in [1.165, 1.54) is 0 Å². The summed E-state index contributed by atoms with van der Waals surface area (Å²) in [6, 6.07) is 15.1. The maximum absolute atomic E-state index is 12.2. The van der Waals surface area contributed by atoms with E-state index in [4.69, 9.17) is 5.41 Å². The van der Waals surface area contributed by atoms with Crippen molar-refractivity contribution in [1.82, 2.24) is 0 Å². The van der Waals surface area contributed by atoms with Gasteiger partial charge in [-0.05, 0) is 12.1 Å². The van der Waals surface area contributed by atoms with Crippen LogP contribution in [0.2, 0.25) is 0 Å². The first-order chi connectivity index (χ1) is 9.75.